The predicted molar refractivity (Wildman–Crippen MR) is 91.3 cm³/mol. The predicted octanol–water partition coefficient (Wildman–Crippen LogP) is -0.00680. The van der Waals surface area contributed by atoms with Crippen molar-refractivity contribution in [2.24, 2.45) is 0 Å². The molecule has 0 saturated carbocycles. The van der Waals surface area contributed by atoms with E-state index in [9.17, 15) is 14.0 Å². The van der Waals surface area contributed by atoms with Crippen LogP contribution in [0.5, 0.6) is 0 Å². The Morgan fingerprint density at radius 3 is 2.88 bits per heavy atom. The smallest absolute Gasteiger partial charge is 0.237 e. The second kappa shape index (κ2) is 8.52. The Morgan fingerprint density at radius 2 is 2.15 bits per heavy atom. The number of nitrogens with one attached hydrogen (secondary N) is 3. The second-order valence-corrected chi connectivity index (χ2v) is 6.17. The average Bonchev–Trinajstić information content (AvgIpc) is 3.13. The van der Waals surface area contributed by atoms with Crippen molar-refractivity contribution in [2.45, 2.75) is 25.4 Å². The molecule has 0 aliphatic carbocycles. The van der Waals surface area contributed by atoms with Crippen LogP contribution in [-0.2, 0) is 22.6 Å². The SMILES string of the molecule is O=C(C[C@@H]1C(=O)NCCN1Cc1ccc(F)cc1)NCCc1cn[nH]n1. The number of nitrogens with zero attached hydrogens (tertiary/aromatic N) is 3. The highest BCUT2D eigenvalue weighted by molar-refractivity contribution is 5.88. The Labute approximate surface area is 150 Å². The summed E-state index contributed by atoms with van der Waals surface area (Å²) >= 11 is 0. The Morgan fingerprint density at radius 1 is 1.35 bits per heavy atom. The van der Waals surface area contributed by atoms with E-state index in [1.54, 1.807) is 18.3 Å². The van der Waals surface area contributed by atoms with Crippen molar-refractivity contribution >= 4 is 11.8 Å². The van der Waals surface area contributed by atoms with Crippen molar-refractivity contribution in [3.8, 4) is 0 Å². The van der Waals surface area contributed by atoms with Gasteiger partial charge in [0.25, 0.3) is 0 Å². The minimum Gasteiger partial charge on any atom is -0.356 e. The fourth-order valence-corrected chi connectivity index (χ4v) is 2.92. The lowest BCUT2D eigenvalue weighted by molar-refractivity contribution is -0.134. The quantitative estimate of drug-likeness (QED) is 0.645. The van der Waals surface area contributed by atoms with Gasteiger partial charge in [0, 0.05) is 32.6 Å². The molecular formula is C17H21FN6O2. The molecule has 0 bridgehead atoms. The van der Waals surface area contributed by atoms with Crippen LogP contribution in [-0.4, -0.2) is 57.8 Å². The third-order valence-corrected chi connectivity index (χ3v) is 4.29. The molecule has 3 N–H and O–H groups in total. The molecule has 1 saturated heterocycles. The number of rotatable bonds is 7. The molecule has 1 fully saturated rings. The third kappa shape index (κ3) is 4.85. The molecule has 0 unspecified atom stereocenters. The molecule has 1 aliphatic rings. The summed E-state index contributed by atoms with van der Waals surface area (Å²) in [6.07, 6.45) is 2.25. The Kier molecular flexibility index (Phi) is 5.90. The standard InChI is InChI=1S/C17H21FN6O2/c18-13-3-1-12(2-4-13)11-24-8-7-20-17(26)15(24)9-16(25)19-6-5-14-10-21-23-22-14/h1-4,10,15H,5-9,11H2,(H,19,25)(H,20,26)(H,21,22,23)/t15-/m1/s1. The number of hydrogen-bond donors (Lipinski definition) is 3. The number of carbonyl (C=O) groups excluding carboxylic acids is 2. The molecule has 26 heavy (non-hydrogen) atoms. The number of hydrogen-bond acceptors (Lipinski definition) is 5. The van der Waals surface area contributed by atoms with Crippen LogP contribution in [0.4, 0.5) is 4.39 Å². The van der Waals surface area contributed by atoms with E-state index in [2.05, 4.69) is 26.0 Å². The number of carbonyl (C=O) groups is 2. The van der Waals surface area contributed by atoms with E-state index in [1.807, 2.05) is 4.90 Å². The number of H-pyrrole nitrogens is 1. The van der Waals surface area contributed by atoms with Crippen molar-refractivity contribution in [3.05, 3.63) is 47.5 Å². The summed E-state index contributed by atoms with van der Waals surface area (Å²) in [6, 6.07) is 5.63. The van der Waals surface area contributed by atoms with Crippen LogP contribution >= 0.6 is 0 Å². The topological polar surface area (TPSA) is 103 Å². The summed E-state index contributed by atoms with van der Waals surface area (Å²) in [4.78, 5) is 26.4. The van der Waals surface area contributed by atoms with Crippen molar-refractivity contribution in [3.63, 3.8) is 0 Å². The van der Waals surface area contributed by atoms with Gasteiger partial charge in [-0.25, -0.2) is 4.39 Å². The zero-order chi connectivity index (χ0) is 18.4. The Balaban J connectivity index is 1.54. The van der Waals surface area contributed by atoms with Gasteiger partial charge in [0.2, 0.25) is 11.8 Å². The fraction of sp³-hybridized carbons (Fsp3) is 0.412. The maximum absolute atomic E-state index is 13.1. The second-order valence-electron chi connectivity index (χ2n) is 6.17. The van der Waals surface area contributed by atoms with Crippen molar-refractivity contribution in [1.29, 1.82) is 0 Å². The molecule has 0 spiro atoms. The van der Waals surface area contributed by atoms with Crippen LogP contribution in [0.15, 0.2) is 30.5 Å². The Bertz CT molecular complexity index is 734. The van der Waals surface area contributed by atoms with Gasteiger partial charge in [-0.15, -0.1) is 0 Å². The van der Waals surface area contributed by atoms with E-state index < -0.39 is 6.04 Å². The first-order valence-electron chi connectivity index (χ1n) is 8.49. The van der Waals surface area contributed by atoms with E-state index in [1.165, 1.54) is 12.1 Å². The highest BCUT2D eigenvalue weighted by atomic mass is 19.1. The zero-order valence-corrected chi connectivity index (χ0v) is 14.2. The first-order valence-corrected chi connectivity index (χ1v) is 8.49. The van der Waals surface area contributed by atoms with Gasteiger partial charge in [-0.1, -0.05) is 12.1 Å². The summed E-state index contributed by atoms with van der Waals surface area (Å²) < 4.78 is 13.1. The van der Waals surface area contributed by atoms with Crippen LogP contribution in [0.1, 0.15) is 17.7 Å². The lowest BCUT2D eigenvalue weighted by Crippen LogP contribution is -2.56. The number of aromatic nitrogens is 3. The van der Waals surface area contributed by atoms with Crippen LogP contribution in [0, 0.1) is 5.82 Å². The lowest BCUT2D eigenvalue weighted by Gasteiger charge is -2.34. The Hall–Kier alpha value is -2.81. The number of halogens is 1. The fourth-order valence-electron chi connectivity index (χ4n) is 2.92. The van der Waals surface area contributed by atoms with Crippen molar-refractivity contribution in [2.75, 3.05) is 19.6 Å². The highest BCUT2D eigenvalue weighted by Gasteiger charge is 2.31. The van der Waals surface area contributed by atoms with Gasteiger partial charge in [0.05, 0.1) is 24.4 Å². The van der Waals surface area contributed by atoms with E-state index in [4.69, 9.17) is 0 Å². The van der Waals surface area contributed by atoms with Gasteiger partial charge in [-0.05, 0) is 17.7 Å². The summed E-state index contributed by atoms with van der Waals surface area (Å²) in [7, 11) is 0. The number of amides is 2. The molecule has 2 heterocycles. The largest absolute Gasteiger partial charge is 0.356 e. The first-order chi connectivity index (χ1) is 12.6. The highest BCUT2D eigenvalue weighted by Crippen LogP contribution is 2.14. The molecule has 9 heteroatoms. The van der Waals surface area contributed by atoms with E-state index >= 15 is 0 Å². The molecule has 2 amide bonds. The number of aromatic amines is 1. The maximum Gasteiger partial charge on any atom is 0.237 e. The van der Waals surface area contributed by atoms with E-state index in [0.29, 0.717) is 32.6 Å². The molecule has 8 nitrogen and oxygen atoms in total. The molecule has 1 atom stereocenters. The number of piperazine rings is 1. The molecule has 1 aromatic carbocycles. The number of benzene rings is 1. The summed E-state index contributed by atoms with van der Waals surface area (Å²) in [5.41, 5.74) is 1.66. The monoisotopic (exact) mass is 360 g/mol. The zero-order valence-electron chi connectivity index (χ0n) is 14.2. The van der Waals surface area contributed by atoms with E-state index in [0.717, 1.165) is 11.3 Å². The molecule has 2 aromatic rings. The van der Waals surface area contributed by atoms with Gasteiger partial charge in [-0.2, -0.15) is 15.4 Å². The van der Waals surface area contributed by atoms with Crippen LogP contribution < -0.4 is 10.6 Å². The van der Waals surface area contributed by atoms with Gasteiger partial charge in [0.15, 0.2) is 0 Å². The molecule has 1 aromatic heterocycles. The molecule has 0 radical (unpaired) electrons. The normalized spacial score (nSPS) is 17.7. The molecule has 3 rings (SSSR count). The van der Waals surface area contributed by atoms with Crippen LogP contribution in [0.2, 0.25) is 0 Å². The minimum atomic E-state index is -0.541. The van der Waals surface area contributed by atoms with Crippen LogP contribution in [0.3, 0.4) is 0 Å². The lowest BCUT2D eigenvalue weighted by atomic mass is 10.1. The van der Waals surface area contributed by atoms with Crippen molar-refractivity contribution < 1.29 is 14.0 Å². The van der Waals surface area contributed by atoms with Gasteiger partial charge >= 0.3 is 0 Å². The van der Waals surface area contributed by atoms with Crippen molar-refractivity contribution in [1.82, 2.24) is 30.9 Å². The summed E-state index contributed by atoms with van der Waals surface area (Å²) in [5.74, 6) is -0.655. The van der Waals surface area contributed by atoms with Gasteiger partial charge in [-0.3, -0.25) is 14.5 Å². The molecule has 1 aliphatic heterocycles. The third-order valence-electron chi connectivity index (χ3n) is 4.29. The van der Waals surface area contributed by atoms with Gasteiger partial charge < -0.3 is 10.6 Å². The van der Waals surface area contributed by atoms with E-state index in [-0.39, 0.29) is 24.1 Å². The first kappa shape index (κ1) is 18.0. The molecule has 138 valence electrons. The summed E-state index contributed by atoms with van der Waals surface area (Å²) in [6.45, 7) is 2.09. The molecular weight excluding hydrogens is 339 g/mol. The van der Waals surface area contributed by atoms with Gasteiger partial charge in [0.1, 0.15) is 5.82 Å². The van der Waals surface area contributed by atoms with Crippen LogP contribution in [0.25, 0.3) is 0 Å². The minimum absolute atomic E-state index is 0.0752. The maximum atomic E-state index is 13.1. The summed E-state index contributed by atoms with van der Waals surface area (Å²) in [5, 5.41) is 15.7. The average molecular weight is 360 g/mol.